The summed E-state index contributed by atoms with van der Waals surface area (Å²) in [6.07, 6.45) is 8.10. The minimum Gasteiger partial charge on any atom is -0.396 e. The Morgan fingerprint density at radius 2 is 1.24 bits per heavy atom. The second-order valence-electron chi connectivity index (χ2n) is 4.51. The van der Waals surface area contributed by atoms with Gasteiger partial charge in [-0.15, -0.1) is 0 Å². The second-order valence-corrected chi connectivity index (χ2v) is 7.02. The fourth-order valence-corrected chi connectivity index (χ4v) is 2.11. The molecule has 0 aromatic carbocycles. The summed E-state index contributed by atoms with van der Waals surface area (Å²) >= 11 is 16.9. The molecule has 0 aliphatic carbocycles. The zero-order chi connectivity index (χ0) is 13.1. The van der Waals surface area contributed by atoms with Gasteiger partial charge in [0.1, 0.15) is 0 Å². The van der Waals surface area contributed by atoms with Gasteiger partial charge in [-0.05, 0) is 19.3 Å². The largest absolute Gasteiger partial charge is 0.396 e. The Hall–Kier alpha value is 0.790. The lowest BCUT2D eigenvalue weighted by molar-refractivity contribution is 0.141. The smallest absolute Gasteiger partial charge is 0.190 e. The molecule has 0 aliphatic rings. The molecule has 17 heavy (non-hydrogen) atoms. The van der Waals surface area contributed by atoms with E-state index >= 15 is 0 Å². The lowest BCUT2D eigenvalue weighted by atomic mass is 10.0. The highest BCUT2D eigenvalue weighted by Crippen LogP contribution is 2.32. The molecular weight excluding hydrogens is 282 g/mol. The lowest BCUT2D eigenvalue weighted by Crippen LogP contribution is -2.10. The van der Waals surface area contributed by atoms with Crippen molar-refractivity contribution >= 4 is 34.8 Å². The Morgan fingerprint density at radius 3 is 1.71 bits per heavy atom. The summed E-state index contributed by atoms with van der Waals surface area (Å²) in [4.78, 5) is 0. The number of unbranched alkanes of at least 4 members (excludes halogenated alkanes) is 5. The van der Waals surface area contributed by atoms with E-state index < -0.39 is 3.79 Å². The van der Waals surface area contributed by atoms with Gasteiger partial charge in [-0.25, -0.2) is 0 Å². The van der Waals surface area contributed by atoms with Gasteiger partial charge in [-0.1, -0.05) is 66.9 Å². The Bertz CT molecular complexity index is 168. The van der Waals surface area contributed by atoms with Crippen molar-refractivity contribution in [3.63, 3.8) is 0 Å². The zero-order valence-corrected chi connectivity index (χ0v) is 12.4. The molecule has 0 atom stereocenters. The molecule has 0 heterocycles. The van der Waals surface area contributed by atoms with Crippen LogP contribution in [0.15, 0.2) is 0 Å². The van der Waals surface area contributed by atoms with Crippen molar-refractivity contribution < 1.29 is 10.2 Å². The summed E-state index contributed by atoms with van der Waals surface area (Å²) in [5, 5.41) is 17.8. The van der Waals surface area contributed by atoms with Crippen molar-refractivity contribution in [3.05, 3.63) is 0 Å². The number of hydrogen-bond acceptors (Lipinski definition) is 2. The van der Waals surface area contributed by atoms with E-state index in [1.54, 1.807) is 0 Å². The van der Waals surface area contributed by atoms with E-state index in [0.29, 0.717) is 6.42 Å². The second kappa shape index (κ2) is 10.7. The molecule has 0 bridgehead atoms. The van der Waals surface area contributed by atoms with Crippen LogP contribution in [0.25, 0.3) is 0 Å². The monoisotopic (exact) mass is 304 g/mol. The van der Waals surface area contributed by atoms with Crippen LogP contribution in [0.1, 0.15) is 51.4 Å². The first-order chi connectivity index (χ1) is 7.99. The minimum absolute atomic E-state index is 0.0550. The van der Waals surface area contributed by atoms with Gasteiger partial charge in [-0.3, -0.25) is 0 Å². The summed E-state index contributed by atoms with van der Waals surface area (Å²) < 4.78 is -1.10. The molecule has 0 aromatic heterocycles. The predicted molar refractivity (Wildman–Crippen MR) is 74.9 cm³/mol. The molecule has 0 saturated heterocycles. The van der Waals surface area contributed by atoms with E-state index in [1.807, 2.05) is 0 Å². The predicted octanol–water partition coefficient (Wildman–Crippen LogP) is 4.08. The maximum Gasteiger partial charge on any atom is 0.190 e. The van der Waals surface area contributed by atoms with Crippen LogP contribution in [-0.4, -0.2) is 27.2 Å². The fourth-order valence-electron chi connectivity index (χ4n) is 1.71. The van der Waals surface area contributed by atoms with E-state index in [1.165, 1.54) is 6.42 Å². The van der Waals surface area contributed by atoms with Gasteiger partial charge in [0.2, 0.25) is 0 Å². The molecule has 0 unspecified atom stereocenters. The molecule has 0 radical (unpaired) electrons. The molecule has 0 amide bonds. The van der Waals surface area contributed by atoms with Crippen LogP contribution in [0, 0.1) is 5.92 Å². The van der Waals surface area contributed by atoms with Crippen LogP contribution in [-0.2, 0) is 0 Å². The lowest BCUT2D eigenvalue weighted by Gasteiger charge is -2.11. The molecule has 2 N–H and O–H groups in total. The van der Waals surface area contributed by atoms with Crippen molar-refractivity contribution in [2.75, 3.05) is 13.2 Å². The number of hydrogen-bond donors (Lipinski definition) is 2. The molecule has 0 saturated carbocycles. The van der Waals surface area contributed by atoms with Crippen LogP contribution in [0.3, 0.4) is 0 Å². The number of aliphatic hydroxyl groups excluding tert-OH is 2. The van der Waals surface area contributed by atoms with Gasteiger partial charge in [0.25, 0.3) is 0 Å². The van der Waals surface area contributed by atoms with Crippen molar-refractivity contribution in [3.8, 4) is 0 Å². The molecule has 0 fully saturated rings. The third-order valence-corrected chi connectivity index (χ3v) is 3.41. The maximum absolute atomic E-state index is 8.88. The number of aliphatic hydroxyl groups is 2. The zero-order valence-electron chi connectivity index (χ0n) is 10.2. The molecule has 0 aliphatic heterocycles. The Balaban J connectivity index is 3.19. The quantitative estimate of drug-likeness (QED) is 0.471. The number of halogens is 3. The van der Waals surface area contributed by atoms with Crippen molar-refractivity contribution in [1.29, 1.82) is 0 Å². The molecule has 5 heteroatoms. The van der Waals surface area contributed by atoms with Crippen LogP contribution in [0.5, 0.6) is 0 Å². The van der Waals surface area contributed by atoms with Gasteiger partial charge in [0.15, 0.2) is 3.79 Å². The summed E-state index contributed by atoms with van der Waals surface area (Å²) in [6.45, 7) is 0.166. The van der Waals surface area contributed by atoms with Crippen LogP contribution >= 0.6 is 34.8 Å². The highest BCUT2D eigenvalue weighted by molar-refractivity contribution is 6.67. The first-order valence-corrected chi connectivity index (χ1v) is 7.41. The summed E-state index contributed by atoms with van der Waals surface area (Å²) in [7, 11) is 0. The van der Waals surface area contributed by atoms with E-state index in [-0.39, 0.29) is 19.1 Å². The molecule has 104 valence electrons. The molecule has 0 rings (SSSR count). The van der Waals surface area contributed by atoms with Crippen LogP contribution < -0.4 is 0 Å². The van der Waals surface area contributed by atoms with Gasteiger partial charge in [0.05, 0.1) is 0 Å². The van der Waals surface area contributed by atoms with E-state index in [4.69, 9.17) is 45.0 Å². The highest BCUT2D eigenvalue weighted by Gasteiger charge is 2.17. The third kappa shape index (κ3) is 13.0. The van der Waals surface area contributed by atoms with Gasteiger partial charge in [-0.2, -0.15) is 0 Å². The normalized spacial score (nSPS) is 12.4. The molecule has 0 spiro atoms. The highest BCUT2D eigenvalue weighted by atomic mass is 35.6. The topological polar surface area (TPSA) is 40.5 Å². The minimum atomic E-state index is -1.10. The SMILES string of the molecule is OCC(CO)CCCCCCCCC(Cl)(Cl)Cl. The maximum atomic E-state index is 8.88. The summed E-state index contributed by atoms with van der Waals surface area (Å²) in [6, 6.07) is 0. The third-order valence-electron chi connectivity index (χ3n) is 2.84. The number of rotatable bonds is 10. The van der Waals surface area contributed by atoms with Gasteiger partial charge in [0, 0.05) is 19.1 Å². The number of alkyl halides is 3. The van der Waals surface area contributed by atoms with Crippen LogP contribution in [0.4, 0.5) is 0 Å². The van der Waals surface area contributed by atoms with E-state index in [0.717, 1.165) is 38.5 Å². The van der Waals surface area contributed by atoms with Crippen molar-refractivity contribution in [2.24, 2.45) is 5.92 Å². The summed E-state index contributed by atoms with van der Waals surface area (Å²) in [5.41, 5.74) is 0. The Morgan fingerprint density at radius 1 is 0.765 bits per heavy atom. The molecule has 2 nitrogen and oxygen atoms in total. The molecule has 0 aromatic rings. The van der Waals surface area contributed by atoms with E-state index in [2.05, 4.69) is 0 Å². The first kappa shape index (κ1) is 17.8. The fraction of sp³-hybridized carbons (Fsp3) is 1.00. The Kier molecular flexibility index (Phi) is 11.2. The van der Waals surface area contributed by atoms with Crippen LogP contribution in [0.2, 0.25) is 0 Å². The molecular formula is C12H23Cl3O2. The Labute approximate surface area is 119 Å². The standard InChI is InChI=1S/C12H23Cl3O2/c13-12(14,15)8-6-4-2-1-3-5-7-11(9-16)10-17/h11,16-17H,1-10H2. The average Bonchev–Trinajstić information content (AvgIpc) is 2.26. The summed E-state index contributed by atoms with van der Waals surface area (Å²) in [5.74, 6) is 0.0550. The van der Waals surface area contributed by atoms with Gasteiger partial charge < -0.3 is 10.2 Å². The average molecular weight is 306 g/mol. The van der Waals surface area contributed by atoms with Gasteiger partial charge >= 0.3 is 0 Å². The first-order valence-electron chi connectivity index (χ1n) is 6.28. The van der Waals surface area contributed by atoms with Crippen molar-refractivity contribution in [2.45, 2.75) is 55.2 Å². The van der Waals surface area contributed by atoms with E-state index in [9.17, 15) is 0 Å². The van der Waals surface area contributed by atoms with Crippen molar-refractivity contribution in [1.82, 2.24) is 0 Å².